The van der Waals surface area contributed by atoms with E-state index in [1.54, 1.807) is 11.3 Å². The molecule has 148 valence electrons. The summed E-state index contributed by atoms with van der Waals surface area (Å²) in [5, 5.41) is 11.6. The third-order valence-electron chi connectivity index (χ3n) is 5.65. The quantitative estimate of drug-likeness (QED) is 0.375. The number of phenols is 1. The number of hydrogen-bond acceptors (Lipinski definition) is 3. The minimum atomic E-state index is -0.375. The zero-order valence-corrected chi connectivity index (χ0v) is 17.9. The van der Waals surface area contributed by atoms with Crippen molar-refractivity contribution in [2.75, 3.05) is 0 Å². The summed E-state index contributed by atoms with van der Waals surface area (Å²) < 4.78 is 13.9. The second-order valence-electron chi connectivity index (χ2n) is 7.53. The largest absolute Gasteiger partial charge is 0.507 e. The molecule has 4 aromatic rings. The van der Waals surface area contributed by atoms with Crippen molar-refractivity contribution in [3.63, 3.8) is 0 Å². The molecule has 0 spiro atoms. The van der Waals surface area contributed by atoms with Crippen molar-refractivity contribution in [2.24, 2.45) is 0 Å². The van der Waals surface area contributed by atoms with Crippen LogP contribution in [0.4, 0.5) is 4.39 Å². The van der Waals surface area contributed by atoms with E-state index in [1.165, 1.54) is 46.0 Å². The molecule has 2 aromatic heterocycles. The monoisotopic (exact) mass is 425 g/mol. The van der Waals surface area contributed by atoms with Crippen LogP contribution < -0.4 is 0 Å². The lowest BCUT2D eigenvalue weighted by Crippen LogP contribution is -1.96. The number of pyridine rings is 1. The number of aromatic hydroxyl groups is 1. The third kappa shape index (κ3) is 3.21. The van der Waals surface area contributed by atoms with Gasteiger partial charge in [0, 0.05) is 15.8 Å². The summed E-state index contributed by atoms with van der Waals surface area (Å²) in [4.78, 5) is 7.30. The van der Waals surface area contributed by atoms with Gasteiger partial charge < -0.3 is 5.11 Å². The van der Waals surface area contributed by atoms with E-state index in [1.807, 2.05) is 6.92 Å². The molecule has 0 unspecified atom stereocenters. The van der Waals surface area contributed by atoms with Gasteiger partial charge >= 0.3 is 0 Å². The fraction of sp³-hybridized carbons (Fsp3) is 0.208. The van der Waals surface area contributed by atoms with Crippen LogP contribution in [-0.2, 0) is 12.8 Å². The lowest BCUT2D eigenvalue weighted by atomic mass is 9.92. The van der Waals surface area contributed by atoms with Crippen LogP contribution >= 0.6 is 23.7 Å². The molecule has 5 rings (SSSR count). The number of hydrogen-bond donors (Lipinski definition) is 1. The Morgan fingerprint density at radius 1 is 1.03 bits per heavy atom. The average Bonchev–Trinajstić information content (AvgIpc) is 3.26. The highest BCUT2D eigenvalue weighted by molar-refractivity contribution is 7.19. The zero-order chi connectivity index (χ0) is 19.4. The van der Waals surface area contributed by atoms with E-state index in [0.29, 0.717) is 11.3 Å². The van der Waals surface area contributed by atoms with Gasteiger partial charge in [0.05, 0.1) is 5.69 Å². The lowest BCUT2D eigenvalue weighted by molar-refractivity contribution is 0.475. The Labute approximate surface area is 179 Å². The van der Waals surface area contributed by atoms with Crippen LogP contribution in [0.2, 0.25) is 0 Å². The molecular formula is C24H21ClFNOS. The summed E-state index contributed by atoms with van der Waals surface area (Å²) in [5.74, 6) is -0.324. The number of fused-ring (bicyclic) bond motifs is 3. The molecule has 0 fully saturated rings. The number of thiophene rings is 1. The molecule has 0 radical (unpaired) electrons. The first-order chi connectivity index (χ1) is 13.5. The molecule has 2 heterocycles. The molecule has 2 nitrogen and oxygen atoms in total. The minimum absolute atomic E-state index is 0. The first kappa shape index (κ1) is 19.9. The van der Waals surface area contributed by atoms with E-state index in [-0.39, 0.29) is 24.0 Å². The second kappa shape index (κ2) is 7.43. The standard InChI is InChI=1S/C24H20FNOS.ClH/c1-13-6-8-15(9-7-13)21-14(2)23(18-12-16(25)10-11-19(18)27)26-24-22(21)17-4-3-5-20(17)28-24;/h6-12,27H,3-5H2,1-2H3;1H. The summed E-state index contributed by atoms with van der Waals surface area (Å²) in [6, 6.07) is 12.6. The summed E-state index contributed by atoms with van der Waals surface area (Å²) in [6.07, 6.45) is 3.37. The lowest BCUT2D eigenvalue weighted by Gasteiger charge is -2.15. The number of nitrogens with zero attached hydrogens (tertiary/aromatic N) is 1. The molecule has 1 N–H and O–H groups in total. The van der Waals surface area contributed by atoms with Gasteiger partial charge in [-0.15, -0.1) is 23.7 Å². The fourth-order valence-electron chi connectivity index (χ4n) is 4.26. The summed E-state index contributed by atoms with van der Waals surface area (Å²) in [7, 11) is 0. The van der Waals surface area contributed by atoms with Crippen LogP contribution in [0.1, 0.15) is 28.0 Å². The highest BCUT2D eigenvalue weighted by Crippen LogP contribution is 2.46. The van der Waals surface area contributed by atoms with Gasteiger partial charge in [-0.2, -0.15) is 0 Å². The van der Waals surface area contributed by atoms with Gasteiger partial charge in [0.2, 0.25) is 0 Å². The van der Waals surface area contributed by atoms with Crippen LogP contribution in [0.5, 0.6) is 5.75 Å². The van der Waals surface area contributed by atoms with Crippen LogP contribution in [0.25, 0.3) is 32.6 Å². The molecule has 0 aliphatic heterocycles. The second-order valence-corrected chi connectivity index (χ2v) is 8.61. The van der Waals surface area contributed by atoms with Crippen molar-refractivity contribution in [3.8, 4) is 28.1 Å². The maximum Gasteiger partial charge on any atom is 0.125 e. The Morgan fingerprint density at radius 3 is 2.55 bits per heavy atom. The van der Waals surface area contributed by atoms with Gasteiger partial charge in [-0.25, -0.2) is 9.37 Å². The first-order valence-electron chi connectivity index (χ1n) is 9.53. The SMILES string of the molecule is Cc1ccc(-c2c(C)c(-c3cc(F)ccc3O)nc3sc4c(c23)CCC4)cc1.Cl. The number of benzene rings is 2. The number of rotatable bonds is 2. The number of halogens is 2. The Balaban J connectivity index is 0.00000205. The first-order valence-corrected chi connectivity index (χ1v) is 10.4. The minimum Gasteiger partial charge on any atom is -0.507 e. The van der Waals surface area contributed by atoms with Crippen molar-refractivity contribution >= 4 is 34.0 Å². The van der Waals surface area contributed by atoms with Crippen molar-refractivity contribution in [1.82, 2.24) is 4.98 Å². The number of aryl methyl sites for hydroxylation is 3. The molecule has 2 aromatic carbocycles. The van der Waals surface area contributed by atoms with E-state index < -0.39 is 0 Å². The smallest absolute Gasteiger partial charge is 0.125 e. The predicted molar refractivity (Wildman–Crippen MR) is 121 cm³/mol. The van der Waals surface area contributed by atoms with Crippen molar-refractivity contribution in [2.45, 2.75) is 33.1 Å². The van der Waals surface area contributed by atoms with Crippen LogP contribution in [0.3, 0.4) is 0 Å². The topological polar surface area (TPSA) is 33.1 Å². The van der Waals surface area contributed by atoms with Crippen molar-refractivity contribution in [3.05, 3.63) is 69.8 Å². The Hall–Kier alpha value is -2.43. The number of aromatic nitrogens is 1. The van der Waals surface area contributed by atoms with Gasteiger partial charge in [-0.1, -0.05) is 29.8 Å². The van der Waals surface area contributed by atoms with E-state index in [2.05, 4.69) is 31.2 Å². The fourth-order valence-corrected chi connectivity index (χ4v) is 5.53. The Kier molecular flexibility index (Phi) is 5.09. The number of phenolic OH excluding ortho intramolecular Hbond substituents is 1. The van der Waals surface area contributed by atoms with Gasteiger partial charge in [-0.05, 0) is 73.6 Å². The van der Waals surface area contributed by atoms with Crippen LogP contribution in [0, 0.1) is 19.7 Å². The summed E-state index contributed by atoms with van der Waals surface area (Å²) >= 11 is 1.74. The molecule has 0 bridgehead atoms. The van der Waals surface area contributed by atoms with Gasteiger partial charge in [0.15, 0.2) is 0 Å². The summed E-state index contributed by atoms with van der Waals surface area (Å²) in [6.45, 7) is 4.11. The molecule has 0 saturated carbocycles. The van der Waals surface area contributed by atoms with Crippen molar-refractivity contribution in [1.29, 1.82) is 0 Å². The van der Waals surface area contributed by atoms with Gasteiger partial charge in [0.1, 0.15) is 16.4 Å². The third-order valence-corrected chi connectivity index (χ3v) is 6.84. The maximum atomic E-state index is 13.9. The van der Waals surface area contributed by atoms with Crippen molar-refractivity contribution < 1.29 is 9.50 Å². The van der Waals surface area contributed by atoms with E-state index >= 15 is 0 Å². The molecular weight excluding hydrogens is 405 g/mol. The van der Waals surface area contributed by atoms with Gasteiger partial charge in [0.25, 0.3) is 0 Å². The average molecular weight is 426 g/mol. The van der Waals surface area contributed by atoms with E-state index in [0.717, 1.165) is 34.4 Å². The van der Waals surface area contributed by atoms with Crippen LogP contribution in [-0.4, -0.2) is 10.1 Å². The molecule has 1 aliphatic rings. The Morgan fingerprint density at radius 2 is 1.79 bits per heavy atom. The summed E-state index contributed by atoms with van der Waals surface area (Å²) in [5.41, 5.74) is 7.00. The van der Waals surface area contributed by atoms with E-state index in [9.17, 15) is 9.50 Å². The normalized spacial score (nSPS) is 12.8. The highest BCUT2D eigenvalue weighted by atomic mass is 35.5. The zero-order valence-electron chi connectivity index (χ0n) is 16.3. The molecule has 0 saturated heterocycles. The van der Waals surface area contributed by atoms with E-state index in [4.69, 9.17) is 4.98 Å². The molecule has 0 atom stereocenters. The van der Waals surface area contributed by atoms with Gasteiger partial charge in [-0.3, -0.25) is 0 Å². The van der Waals surface area contributed by atoms with Crippen LogP contribution in [0.15, 0.2) is 42.5 Å². The molecule has 5 heteroatoms. The predicted octanol–water partition coefficient (Wildman–Crippen LogP) is 7.00. The maximum absolute atomic E-state index is 13.9. The molecule has 29 heavy (non-hydrogen) atoms. The molecule has 1 aliphatic carbocycles. The Bertz CT molecular complexity index is 1230. The molecule has 0 amide bonds. The highest BCUT2D eigenvalue weighted by Gasteiger charge is 2.25.